The van der Waals surface area contributed by atoms with Gasteiger partial charge in [0.05, 0.1) is 17.4 Å². The van der Waals surface area contributed by atoms with Crippen LogP contribution in [0.4, 0.5) is 0 Å². The summed E-state index contributed by atoms with van der Waals surface area (Å²) in [5.41, 5.74) is 0. The Balaban J connectivity index is 1.63. The van der Waals surface area contributed by atoms with E-state index in [9.17, 15) is 13.2 Å². The van der Waals surface area contributed by atoms with E-state index in [1.54, 1.807) is 24.3 Å². The molecule has 1 atom stereocenters. The zero-order valence-electron chi connectivity index (χ0n) is 14.7. The zero-order valence-corrected chi connectivity index (χ0v) is 15.5. The number of nitrogens with one attached hydrogen (secondary N) is 1. The predicted octanol–water partition coefficient (Wildman–Crippen LogP) is 2.59. The van der Waals surface area contributed by atoms with Crippen LogP contribution < -0.4 is 14.8 Å². The molecule has 1 aliphatic rings. The molecule has 0 saturated carbocycles. The Bertz CT molecular complexity index is 1060. The molecule has 9 heteroatoms. The highest BCUT2D eigenvalue weighted by molar-refractivity contribution is 7.91. The summed E-state index contributed by atoms with van der Waals surface area (Å²) in [4.78, 5) is 12.2. The Hall–Kier alpha value is -3.20. The molecule has 0 aliphatic carbocycles. The first kappa shape index (κ1) is 18.2. The highest BCUT2D eigenvalue weighted by Crippen LogP contribution is 2.36. The van der Waals surface area contributed by atoms with E-state index < -0.39 is 21.0 Å². The summed E-state index contributed by atoms with van der Waals surface area (Å²) in [5.74, 6) is 0.652. The van der Waals surface area contributed by atoms with Crippen molar-refractivity contribution in [3.8, 4) is 11.5 Å². The topological polar surface area (TPSA) is 108 Å². The van der Waals surface area contributed by atoms with E-state index in [2.05, 4.69) is 5.32 Å². The average Bonchev–Trinajstić information content (AvgIpc) is 3.41. The van der Waals surface area contributed by atoms with Crippen molar-refractivity contribution >= 4 is 15.7 Å². The number of furan rings is 2. The van der Waals surface area contributed by atoms with Crippen LogP contribution in [0, 0.1) is 0 Å². The van der Waals surface area contributed by atoms with Crippen LogP contribution in [0.25, 0.3) is 0 Å². The summed E-state index contributed by atoms with van der Waals surface area (Å²) in [7, 11) is -3.90. The second kappa shape index (κ2) is 7.43. The smallest absolute Gasteiger partial charge is 0.287 e. The van der Waals surface area contributed by atoms with Crippen molar-refractivity contribution < 1.29 is 31.5 Å². The molecule has 2 aromatic heterocycles. The Kier molecular flexibility index (Phi) is 4.82. The lowest BCUT2D eigenvalue weighted by Crippen LogP contribution is -2.31. The van der Waals surface area contributed by atoms with Crippen LogP contribution in [0.2, 0.25) is 0 Å². The van der Waals surface area contributed by atoms with Crippen molar-refractivity contribution in [1.29, 1.82) is 0 Å². The summed E-state index contributed by atoms with van der Waals surface area (Å²) in [6, 6.07) is 10.6. The van der Waals surface area contributed by atoms with Crippen molar-refractivity contribution in [2.45, 2.75) is 10.1 Å². The molecule has 0 spiro atoms. The molecule has 8 nitrogen and oxygen atoms in total. The van der Waals surface area contributed by atoms with Crippen LogP contribution in [0.3, 0.4) is 0 Å². The second-order valence-electron chi connectivity index (χ2n) is 6.04. The number of carbonyl (C=O) groups excluding carboxylic acids is 1. The van der Waals surface area contributed by atoms with E-state index in [0.717, 1.165) is 0 Å². The van der Waals surface area contributed by atoms with Gasteiger partial charge < -0.3 is 23.6 Å². The number of amides is 1. The minimum absolute atomic E-state index is 0.0467. The number of ether oxygens (including phenoxy) is 2. The first-order chi connectivity index (χ1) is 13.6. The Morgan fingerprint density at radius 3 is 2.46 bits per heavy atom. The number of carbonyl (C=O) groups is 1. The number of benzene rings is 1. The van der Waals surface area contributed by atoms with Gasteiger partial charge in [-0.2, -0.15) is 0 Å². The first-order valence-corrected chi connectivity index (χ1v) is 10.1. The maximum Gasteiger partial charge on any atom is 0.287 e. The number of hydrogen-bond donors (Lipinski definition) is 1. The van der Waals surface area contributed by atoms with Gasteiger partial charge >= 0.3 is 0 Å². The third kappa shape index (κ3) is 3.48. The standard InChI is InChI=1S/C19H17NO7S/c21-19(16-4-2-8-25-16)20-12-18(15-3-1-7-24-15)28(22,23)13-5-6-14-17(11-13)27-10-9-26-14/h1-8,11,18H,9-10,12H2,(H,20,21)/t18-/m1/s1. The van der Waals surface area contributed by atoms with Crippen molar-refractivity contribution in [1.82, 2.24) is 5.32 Å². The van der Waals surface area contributed by atoms with Crippen LogP contribution in [-0.4, -0.2) is 34.1 Å². The molecule has 146 valence electrons. The molecule has 1 N–H and O–H groups in total. The molecule has 1 aliphatic heterocycles. The maximum absolute atomic E-state index is 13.3. The molecule has 0 unspecified atom stereocenters. The first-order valence-electron chi connectivity index (χ1n) is 8.54. The van der Waals surface area contributed by atoms with E-state index >= 15 is 0 Å². The van der Waals surface area contributed by atoms with Crippen LogP contribution in [0.15, 0.2) is 68.7 Å². The molecule has 1 aromatic carbocycles. The number of rotatable bonds is 6. The van der Waals surface area contributed by atoms with Gasteiger partial charge in [-0.25, -0.2) is 8.42 Å². The van der Waals surface area contributed by atoms with Crippen molar-refractivity contribution in [3.05, 3.63) is 66.5 Å². The van der Waals surface area contributed by atoms with Crippen molar-refractivity contribution in [2.24, 2.45) is 0 Å². The molecular weight excluding hydrogens is 386 g/mol. The number of fused-ring (bicyclic) bond motifs is 1. The van der Waals surface area contributed by atoms with Gasteiger partial charge in [-0.15, -0.1) is 0 Å². The number of sulfone groups is 1. The summed E-state index contributed by atoms with van der Waals surface area (Å²) < 4.78 is 47.9. The highest BCUT2D eigenvalue weighted by atomic mass is 32.2. The van der Waals surface area contributed by atoms with Crippen LogP contribution >= 0.6 is 0 Å². The molecule has 1 amide bonds. The van der Waals surface area contributed by atoms with Gasteiger partial charge in [0.1, 0.15) is 24.2 Å². The van der Waals surface area contributed by atoms with E-state index in [4.69, 9.17) is 18.3 Å². The molecule has 0 fully saturated rings. The lowest BCUT2D eigenvalue weighted by Gasteiger charge is -2.20. The van der Waals surface area contributed by atoms with Gasteiger partial charge in [0.25, 0.3) is 5.91 Å². The summed E-state index contributed by atoms with van der Waals surface area (Å²) >= 11 is 0. The van der Waals surface area contributed by atoms with E-state index in [1.165, 1.54) is 30.7 Å². The van der Waals surface area contributed by atoms with E-state index in [0.29, 0.717) is 24.7 Å². The average molecular weight is 403 g/mol. The lowest BCUT2D eigenvalue weighted by atomic mass is 10.3. The van der Waals surface area contributed by atoms with Gasteiger partial charge in [0.15, 0.2) is 27.1 Å². The summed E-state index contributed by atoms with van der Waals surface area (Å²) in [6.45, 7) is 0.564. The highest BCUT2D eigenvalue weighted by Gasteiger charge is 2.33. The quantitative estimate of drug-likeness (QED) is 0.674. The van der Waals surface area contributed by atoms with Crippen LogP contribution in [-0.2, 0) is 9.84 Å². The molecule has 4 rings (SSSR count). The van der Waals surface area contributed by atoms with Crippen molar-refractivity contribution in [2.75, 3.05) is 19.8 Å². The van der Waals surface area contributed by atoms with Gasteiger partial charge in [-0.1, -0.05) is 0 Å². The third-order valence-corrected chi connectivity index (χ3v) is 6.33. The van der Waals surface area contributed by atoms with Gasteiger partial charge in [-0.3, -0.25) is 4.79 Å². The Labute approximate surface area is 161 Å². The van der Waals surface area contributed by atoms with Crippen LogP contribution in [0.1, 0.15) is 21.6 Å². The minimum atomic E-state index is -3.90. The third-order valence-electron chi connectivity index (χ3n) is 4.27. The number of hydrogen-bond acceptors (Lipinski definition) is 7. The van der Waals surface area contributed by atoms with E-state index in [1.807, 2.05) is 0 Å². The molecule has 0 bridgehead atoms. The Morgan fingerprint density at radius 2 is 1.75 bits per heavy atom. The minimum Gasteiger partial charge on any atom is -0.486 e. The summed E-state index contributed by atoms with van der Waals surface area (Å²) in [5, 5.41) is 1.46. The zero-order chi connectivity index (χ0) is 19.6. The van der Waals surface area contributed by atoms with E-state index in [-0.39, 0.29) is 23.0 Å². The fourth-order valence-corrected chi connectivity index (χ4v) is 4.48. The maximum atomic E-state index is 13.3. The van der Waals surface area contributed by atoms with Crippen LogP contribution in [0.5, 0.6) is 11.5 Å². The summed E-state index contributed by atoms with van der Waals surface area (Å²) in [6.07, 6.45) is 2.75. The second-order valence-corrected chi connectivity index (χ2v) is 8.17. The molecule has 0 saturated heterocycles. The SMILES string of the molecule is O=C(NC[C@H](c1ccco1)S(=O)(=O)c1ccc2c(c1)OCCO2)c1ccco1. The normalized spacial score (nSPS) is 14.4. The predicted molar refractivity (Wildman–Crippen MR) is 97.1 cm³/mol. The molecule has 0 radical (unpaired) electrons. The molecular formula is C19H17NO7S. The molecule has 3 heterocycles. The van der Waals surface area contributed by atoms with Gasteiger partial charge in [0, 0.05) is 12.6 Å². The fourth-order valence-electron chi connectivity index (χ4n) is 2.88. The monoisotopic (exact) mass is 403 g/mol. The fraction of sp³-hybridized carbons (Fsp3) is 0.211. The van der Waals surface area contributed by atoms with Gasteiger partial charge in [-0.05, 0) is 36.4 Å². The van der Waals surface area contributed by atoms with Gasteiger partial charge in [0.2, 0.25) is 0 Å². The Morgan fingerprint density at radius 1 is 1.00 bits per heavy atom. The molecule has 3 aromatic rings. The lowest BCUT2D eigenvalue weighted by molar-refractivity contribution is 0.0925. The van der Waals surface area contributed by atoms with Crippen molar-refractivity contribution in [3.63, 3.8) is 0 Å². The molecule has 28 heavy (non-hydrogen) atoms. The largest absolute Gasteiger partial charge is 0.486 e.